The summed E-state index contributed by atoms with van der Waals surface area (Å²) in [5.74, 6) is -0.0560. The van der Waals surface area contributed by atoms with Crippen LogP contribution in [0.3, 0.4) is 0 Å². The first-order chi connectivity index (χ1) is 11.8. The number of halogens is 2. The molecule has 1 saturated heterocycles. The lowest BCUT2D eigenvalue weighted by molar-refractivity contribution is -0.123. The van der Waals surface area contributed by atoms with Crippen molar-refractivity contribution in [1.29, 1.82) is 0 Å². The highest BCUT2D eigenvalue weighted by Crippen LogP contribution is 2.35. The van der Waals surface area contributed by atoms with Crippen LogP contribution in [0.25, 0.3) is 6.08 Å². The Kier molecular flexibility index (Phi) is 5.74. The lowest BCUT2D eigenvalue weighted by atomic mass is 10.1. The van der Waals surface area contributed by atoms with Crippen molar-refractivity contribution in [2.75, 3.05) is 0 Å². The zero-order valence-electron chi connectivity index (χ0n) is 13.1. The van der Waals surface area contributed by atoms with Gasteiger partial charge in [0.25, 0.3) is 11.1 Å². The smallest absolute Gasteiger partial charge is 0.293 e. The molecule has 0 bridgehead atoms. The van der Waals surface area contributed by atoms with Gasteiger partial charge in [-0.05, 0) is 93.2 Å². The van der Waals surface area contributed by atoms with E-state index in [4.69, 9.17) is 0 Å². The molecule has 2 aromatic rings. The molecule has 3 rings (SSSR count). The second kappa shape index (κ2) is 7.67. The van der Waals surface area contributed by atoms with Crippen molar-refractivity contribution in [1.82, 2.24) is 4.90 Å². The van der Waals surface area contributed by atoms with E-state index < -0.39 is 0 Å². The molecule has 0 saturated carbocycles. The van der Waals surface area contributed by atoms with Crippen LogP contribution in [0, 0.1) is 14.1 Å². The summed E-state index contributed by atoms with van der Waals surface area (Å²) < 4.78 is 1.41. The number of carbonyl (C=O) groups is 2. The number of nitrogens with zero attached hydrogens (tertiary/aromatic N) is 1. The maximum absolute atomic E-state index is 12.6. The molecule has 25 heavy (non-hydrogen) atoms. The summed E-state index contributed by atoms with van der Waals surface area (Å²) in [5.41, 5.74) is 2.84. The van der Waals surface area contributed by atoms with Gasteiger partial charge in [0.15, 0.2) is 0 Å². The van der Waals surface area contributed by atoms with Crippen LogP contribution in [0.1, 0.15) is 16.7 Å². The molecule has 2 aromatic carbocycles. The summed E-state index contributed by atoms with van der Waals surface area (Å²) in [6.45, 7) is 2.26. The Hall–Kier alpha value is -1.07. The Morgan fingerprint density at radius 2 is 1.72 bits per heavy atom. The number of benzene rings is 2. The van der Waals surface area contributed by atoms with Crippen LogP contribution < -0.4 is 0 Å². The quantitative estimate of drug-likeness (QED) is 0.406. The van der Waals surface area contributed by atoms with Crippen molar-refractivity contribution >= 4 is 74.2 Å². The van der Waals surface area contributed by atoms with E-state index in [9.17, 15) is 14.7 Å². The number of hydrogen-bond donors (Lipinski definition) is 1. The van der Waals surface area contributed by atoms with Crippen molar-refractivity contribution in [3.63, 3.8) is 0 Å². The third kappa shape index (κ3) is 4.20. The summed E-state index contributed by atoms with van der Waals surface area (Å²) >= 11 is 5.03. The number of aromatic hydroxyl groups is 1. The van der Waals surface area contributed by atoms with Gasteiger partial charge < -0.3 is 5.11 Å². The number of phenols is 1. The Balaban J connectivity index is 1.84. The van der Waals surface area contributed by atoms with Gasteiger partial charge in [-0.2, -0.15) is 0 Å². The monoisotopic (exact) mass is 577 g/mol. The zero-order chi connectivity index (χ0) is 18.1. The van der Waals surface area contributed by atoms with E-state index in [1.54, 1.807) is 18.2 Å². The first-order valence-corrected chi connectivity index (χ1v) is 10.3. The minimum atomic E-state index is -0.284. The molecular weight excluding hydrogens is 564 g/mol. The van der Waals surface area contributed by atoms with Crippen LogP contribution in [0.4, 0.5) is 4.79 Å². The SMILES string of the molecule is Cc1ccc(CN2C(=O)S/C(=C\c3cc(I)c(O)c(I)c3)C2=O)cc1. The molecule has 2 amide bonds. The average molecular weight is 577 g/mol. The maximum atomic E-state index is 12.6. The molecule has 1 fully saturated rings. The molecular formula is C18H13I2NO3S. The number of phenolic OH excluding ortho intramolecular Hbond substituents is 1. The van der Waals surface area contributed by atoms with Gasteiger partial charge in [0.1, 0.15) is 5.75 Å². The van der Waals surface area contributed by atoms with E-state index in [-0.39, 0.29) is 23.4 Å². The third-order valence-corrected chi connectivity index (χ3v) is 6.22. The van der Waals surface area contributed by atoms with Crippen LogP contribution >= 0.6 is 56.9 Å². The van der Waals surface area contributed by atoms with Crippen LogP contribution in [-0.4, -0.2) is 21.2 Å². The lowest BCUT2D eigenvalue weighted by Gasteiger charge is -2.12. The van der Waals surface area contributed by atoms with Gasteiger partial charge in [-0.15, -0.1) is 0 Å². The van der Waals surface area contributed by atoms with E-state index >= 15 is 0 Å². The predicted octanol–water partition coefficient (Wildman–Crippen LogP) is 5.15. The van der Waals surface area contributed by atoms with Gasteiger partial charge in [-0.25, -0.2) is 0 Å². The molecule has 4 nitrogen and oxygen atoms in total. The molecule has 0 aromatic heterocycles. The zero-order valence-corrected chi connectivity index (χ0v) is 18.3. The highest BCUT2D eigenvalue weighted by molar-refractivity contribution is 14.1. The molecule has 1 N–H and O–H groups in total. The number of hydrogen-bond acceptors (Lipinski definition) is 4. The Morgan fingerprint density at radius 1 is 1.12 bits per heavy atom. The third-order valence-electron chi connectivity index (χ3n) is 3.67. The van der Waals surface area contributed by atoms with E-state index in [0.717, 1.165) is 28.5 Å². The Bertz CT molecular complexity index is 871. The minimum Gasteiger partial charge on any atom is -0.506 e. The fourth-order valence-electron chi connectivity index (χ4n) is 2.33. The highest BCUT2D eigenvalue weighted by atomic mass is 127. The molecule has 0 unspecified atom stereocenters. The summed E-state index contributed by atoms with van der Waals surface area (Å²) in [5, 5.41) is 9.58. The molecule has 0 aliphatic carbocycles. The summed E-state index contributed by atoms with van der Waals surface area (Å²) in [6, 6.07) is 11.3. The van der Waals surface area contributed by atoms with E-state index in [0.29, 0.717) is 12.0 Å². The van der Waals surface area contributed by atoms with Crippen molar-refractivity contribution in [2.24, 2.45) is 0 Å². The highest BCUT2D eigenvalue weighted by Gasteiger charge is 2.35. The first-order valence-electron chi connectivity index (χ1n) is 7.34. The topological polar surface area (TPSA) is 57.6 Å². The van der Waals surface area contributed by atoms with Crippen LogP contribution in [0.5, 0.6) is 5.75 Å². The van der Waals surface area contributed by atoms with Crippen molar-refractivity contribution in [3.8, 4) is 5.75 Å². The lowest BCUT2D eigenvalue weighted by Crippen LogP contribution is -2.27. The fraction of sp³-hybridized carbons (Fsp3) is 0.111. The molecule has 0 spiro atoms. The maximum Gasteiger partial charge on any atom is 0.293 e. The van der Waals surface area contributed by atoms with E-state index in [1.165, 1.54) is 4.90 Å². The Labute approximate surface area is 177 Å². The first kappa shape index (κ1) is 18.7. The normalized spacial score (nSPS) is 16.1. The molecule has 1 aliphatic heterocycles. The number of thioether (sulfide) groups is 1. The second-order valence-corrected chi connectivity index (χ2v) is 8.90. The molecule has 1 aliphatic rings. The van der Waals surface area contributed by atoms with Gasteiger partial charge in [0.2, 0.25) is 0 Å². The van der Waals surface area contributed by atoms with Gasteiger partial charge in [0.05, 0.1) is 18.6 Å². The van der Waals surface area contributed by atoms with E-state index in [1.807, 2.05) is 76.4 Å². The molecule has 0 radical (unpaired) electrons. The number of aryl methyl sites for hydroxylation is 1. The number of amides is 2. The predicted molar refractivity (Wildman–Crippen MR) is 116 cm³/mol. The fourth-order valence-corrected chi connectivity index (χ4v) is 4.99. The molecule has 7 heteroatoms. The molecule has 128 valence electrons. The number of rotatable bonds is 3. The summed E-state index contributed by atoms with van der Waals surface area (Å²) in [6.07, 6.45) is 1.70. The molecule has 0 atom stereocenters. The van der Waals surface area contributed by atoms with Crippen LogP contribution in [-0.2, 0) is 11.3 Å². The van der Waals surface area contributed by atoms with Crippen LogP contribution in [0.2, 0.25) is 0 Å². The standard InChI is InChI=1S/C18H13I2NO3S/c1-10-2-4-11(5-3-10)9-21-17(23)15(25-18(21)24)8-12-6-13(19)16(22)14(20)7-12/h2-8,22H,9H2,1H3/b15-8-. The molecule has 1 heterocycles. The van der Waals surface area contributed by atoms with Crippen molar-refractivity contribution in [2.45, 2.75) is 13.5 Å². The number of carbonyl (C=O) groups excluding carboxylic acids is 2. The summed E-state index contributed by atoms with van der Waals surface area (Å²) in [7, 11) is 0. The van der Waals surface area contributed by atoms with Gasteiger partial charge in [0, 0.05) is 0 Å². The number of imide groups is 1. The second-order valence-electron chi connectivity index (χ2n) is 5.59. The van der Waals surface area contributed by atoms with Crippen LogP contribution in [0.15, 0.2) is 41.3 Å². The van der Waals surface area contributed by atoms with Crippen molar-refractivity contribution < 1.29 is 14.7 Å². The van der Waals surface area contributed by atoms with E-state index in [2.05, 4.69) is 0 Å². The van der Waals surface area contributed by atoms with Gasteiger partial charge >= 0.3 is 0 Å². The van der Waals surface area contributed by atoms with Gasteiger partial charge in [-0.3, -0.25) is 14.5 Å². The summed E-state index contributed by atoms with van der Waals surface area (Å²) in [4.78, 5) is 26.5. The van der Waals surface area contributed by atoms with Crippen molar-refractivity contribution in [3.05, 3.63) is 65.1 Å². The van der Waals surface area contributed by atoms with Gasteiger partial charge in [-0.1, -0.05) is 29.8 Å². The Morgan fingerprint density at radius 3 is 2.32 bits per heavy atom. The average Bonchev–Trinajstić information content (AvgIpc) is 2.82. The largest absolute Gasteiger partial charge is 0.506 e. The minimum absolute atomic E-state index is 0.228.